The van der Waals surface area contributed by atoms with Crippen molar-refractivity contribution in [3.05, 3.63) is 59.2 Å². The zero-order valence-electron chi connectivity index (χ0n) is 16.3. The molecule has 2 aromatic carbocycles. The minimum atomic E-state index is -0.0164. The highest BCUT2D eigenvalue weighted by molar-refractivity contribution is 5.79. The summed E-state index contributed by atoms with van der Waals surface area (Å²) in [6.07, 6.45) is 5.80. The third kappa shape index (κ3) is 3.67. The van der Waals surface area contributed by atoms with Crippen molar-refractivity contribution in [1.82, 2.24) is 0 Å². The molecule has 25 heavy (non-hydrogen) atoms. The molecular weight excluding hydrogens is 304 g/mol. The van der Waals surface area contributed by atoms with Crippen molar-refractivity contribution in [2.24, 2.45) is 0 Å². The lowest BCUT2D eigenvalue weighted by atomic mass is 9.94. The standard InChI is InChI=1S/C24H32O/c1-5-8-11-18-14-15-21-19-12-9-10-13-20(19)23(22(21)16-18)17-25-24(4,6-2)7-3/h9-10,12-16,23H,5-8,11,17H2,1-4H3. The van der Waals surface area contributed by atoms with E-state index in [1.807, 2.05) is 0 Å². The van der Waals surface area contributed by atoms with Gasteiger partial charge in [0.15, 0.2) is 0 Å². The van der Waals surface area contributed by atoms with Crippen molar-refractivity contribution < 1.29 is 4.74 Å². The fourth-order valence-corrected chi connectivity index (χ4v) is 3.81. The maximum absolute atomic E-state index is 6.45. The van der Waals surface area contributed by atoms with Crippen LogP contribution in [-0.4, -0.2) is 12.2 Å². The number of hydrogen-bond donors (Lipinski definition) is 0. The molecule has 0 N–H and O–H groups in total. The van der Waals surface area contributed by atoms with Crippen LogP contribution in [0.25, 0.3) is 11.1 Å². The first-order valence-corrected chi connectivity index (χ1v) is 9.98. The van der Waals surface area contributed by atoms with Crippen molar-refractivity contribution >= 4 is 0 Å². The molecule has 1 atom stereocenters. The molecule has 0 aromatic heterocycles. The molecule has 134 valence electrons. The van der Waals surface area contributed by atoms with Crippen LogP contribution >= 0.6 is 0 Å². The van der Waals surface area contributed by atoms with Crippen molar-refractivity contribution in [3.63, 3.8) is 0 Å². The van der Waals surface area contributed by atoms with Gasteiger partial charge in [0.2, 0.25) is 0 Å². The Morgan fingerprint density at radius 3 is 2.36 bits per heavy atom. The van der Waals surface area contributed by atoms with Gasteiger partial charge in [-0.15, -0.1) is 0 Å². The molecule has 0 fully saturated rings. The Kier molecular flexibility index (Phi) is 5.64. The summed E-state index contributed by atoms with van der Waals surface area (Å²) in [6, 6.07) is 15.9. The van der Waals surface area contributed by atoms with E-state index >= 15 is 0 Å². The van der Waals surface area contributed by atoms with Gasteiger partial charge in [-0.05, 0) is 60.4 Å². The van der Waals surface area contributed by atoms with Gasteiger partial charge in [-0.3, -0.25) is 0 Å². The van der Waals surface area contributed by atoms with Crippen LogP contribution in [0.2, 0.25) is 0 Å². The first kappa shape index (κ1) is 18.2. The first-order valence-electron chi connectivity index (χ1n) is 9.98. The van der Waals surface area contributed by atoms with Crippen LogP contribution < -0.4 is 0 Å². The minimum Gasteiger partial charge on any atom is -0.374 e. The molecule has 0 saturated carbocycles. The largest absolute Gasteiger partial charge is 0.374 e. The van der Waals surface area contributed by atoms with Crippen molar-refractivity contribution in [3.8, 4) is 11.1 Å². The van der Waals surface area contributed by atoms with Gasteiger partial charge < -0.3 is 4.74 Å². The van der Waals surface area contributed by atoms with E-state index in [2.05, 4.69) is 70.2 Å². The van der Waals surface area contributed by atoms with Crippen molar-refractivity contribution in [2.75, 3.05) is 6.61 Å². The van der Waals surface area contributed by atoms with E-state index < -0.39 is 0 Å². The molecule has 0 spiro atoms. The molecule has 0 radical (unpaired) electrons. The number of rotatable bonds is 8. The minimum absolute atomic E-state index is 0.0164. The van der Waals surface area contributed by atoms with Crippen LogP contribution in [0, 0.1) is 0 Å². The van der Waals surface area contributed by atoms with E-state index in [1.165, 1.54) is 47.1 Å². The smallest absolute Gasteiger partial charge is 0.0649 e. The Morgan fingerprint density at radius 1 is 0.920 bits per heavy atom. The summed E-state index contributed by atoms with van der Waals surface area (Å²) in [4.78, 5) is 0. The second kappa shape index (κ2) is 7.74. The average Bonchev–Trinajstić information content (AvgIpc) is 2.97. The van der Waals surface area contributed by atoms with Gasteiger partial charge in [-0.1, -0.05) is 69.7 Å². The summed E-state index contributed by atoms with van der Waals surface area (Å²) < 4.78 is 6.45. The lowest BCUT2D eigenvalue weighted by Gasteiger charge is -2.29. The third-order valence-corrected chi connectivity index (χ3v) is 6.03. The van der Waals surface area contributed by atoms with Crippen molar-refractivity contribution in [1.29, 1.82) is 0 Å². The molecule has 2 aromatic rings. The molecule has 0 heterocycles. The predicted octanol–water partition coefficient (Wildman–Crippen LogP) is 6.74. The highest BCUT2D eigenvalue weighted by Gasteiger charge is 2.31. The average molecular weight is 337 g/mol. The maximum atomic E-state index is 6.45. The molecular formula is C24H32O. The number of fused-ring (bicyclic) bond motifs is 3. The van der Waals surface area contributed by atoms with Crippen LogP contribution in [0.4, 0.5) is 0 Å². The molecule has 1 unspecified atom stereocenters. The Labute approximate surface area is 153 Å². The van der Waals surface area contributed by atoms with Gasteiger partial charge >= 0.3 is 0 Å². The maximum Gasteiger partial charge on any atom is 0.0649 e. The summed E-state index contributed by atoms with van der Waals surface area (Å²) in [5.74, 6) is 0.366. The van der Waals surface area contributed by atoms with E-state index in [0.29, 0.717) is 5.92 Å². The van der Waals surface area contributed by atoms with Gasteiger partial charge in [-0.25, -0.2) is 0 Å². The second-order valence-electron chi connectivity index (χ2n) is 7.63. The van der Waals surface area contributed by atoms with Crippen LogP contribution in [0.1, 0.15) is 76.0 Å². The number of ether oxygens (including phenoxy) is 1. The van der Waals surface area contributed by atoms with Crippen LogP contribution in [0.3, 0.4) is 0 Å². The normalized spacial score (nSPS) is 15.9. The van der Waals surface area contributed by atoms with Crippen molar-refractivity contribution in [2.45, 2.75) is 71.3 Å². The van der Waals surface area contributed by atoms with E-state index in [0.717, 1.165) is 19.4 Å². The lowest BCUT2D eigenvalue weighted by Crippen LogP contribution is -2.29. The second-order valence-corrected chi connectivity index (χ2v) is 7.63. The molecule has 0 aliphatic heterocycles. The molecule has 0 saturated heterocycles. The summed E-state index contributed by atoms with van der Waals surface area (Å²) in [6.45, 7) is 9.73. The summed E-state index contributed by atoms with van der Waals surface area (Å²) >= 11 is 0. The molecule has 1 heteroatoms. The quantitative estimate of drug-likeness (QED) is 0.519. The number of hydrogen-bond acceptors (Lipinski definition) is 1. The van der Waals surface area contributed by atoms with Gasteiger partial charge in [0, 0.05) is 5.92 Å². The monoisotopic (exact) mass is 336 g/mol. The highest BCUT2D eigenvalue weighted by atomic mass is 16.5. The Balaban J connectivity index is 1.92. The number of benzene rings is 2. The Morgan fingerprint density at radius 2 is 1.64 bits per heavy atom. The molecule has 1 nitrogen and oxygen atoms in total. The fraction of sp³-hybridized carbons (Fsp3) is 0.500. The summed E-state index contributed by atoms with van der Waals surface area (Å²) in [7, 11) is 0. The highest BCUT2D eigenvalue weighted by Crippen LogP contribution is 2.45. The van der Waals surface area contributed by atoms with Crippen LogP contribution in [0.5, 0.6) is 0 Å². The van der Waals surface area contributed by atoms with E-state index in [4.69, 9.17) is 4.74 Å². The molecule has 3 rings (SSSR count). The fourth-order valence-electron chi connectivity index (χ4n) is 3.81. The van der Waals surface area contributed by atoms with E-state index in [9.17, 15) is 0 Å². The van der Waals surface area contributed by atoms with E-state index in [-0.39, 0.29) is 5.60 Å². The van der Waals surface area contributed by atoms with Gasteiger partial charge in [-0.2, -0.15) is 0 Å². The molecule has 0 bridgehead atoms. The predicted molar refractivity (Wildman–Crippen MR) is 107 cm³/mol. The summed E-state index contributed by atoms with van der Waals surface area (Å²) in [5, 5.41) is 0. The first-order chi connectivity index (χ1) is 12.1. The summed E-state index contributed by atoms with van der Waals surface area (Å²) in [5.41, 5.74) is 7.13. The lowest BCUT2D eigenvalue weighted by molar-refractivity contribution is -0.0399. The van der Waals surface area contributed by atoms with Gasteiger partial charge in [0.25, 0.3) is 0 Å². The zero-order chi connectivity index (χ0) is 17.9. The van der Waals surface area contributed by atoms with E-state index in [1.54, 1.807) is 0 Å². The van der Waals surface area contributed by atoms with Crippen LogP contribution in [0.15, 0.2) is 42.5 Å². The molecule has 0 amide bonds. The number of unbranched alkanes of at least 4 members (excludes halogenated alkanes) is 1. The molecule has 1 aliphatic rings. The Bertz CT molecular complexity index is 712. The SMILES string of the molecule is CCCCc1ccc2c(c1)C(COC(C)(CC)CC)c1ccccc1-2. The Hall–Kier alpha value is -1.60. The zero-order valence-corrected chi connectivity index (χ0v) is 16.3. The van der Waals surface area contributed by atoms with Crippen LogP contribution in [-0.2, 0) is 11.2 Å². The van der Waals surface area contributed by atoms with Gasteiger partial charge in [0.1, 0.15) is 0 Å². The third-order valence-electron chi connectivity index (χ3n) is 6.03. The van der Waals surface area contributed by atoms with Gasteiger partial charge in [0.05, 0.1) is 12.2 Å². The molecule has 1 aliphatic carbocycles. The topological polar surface area (TPSA) is 9.23 Å². The number of aryl methyl sites for hydroxylation is 1.